The van der Waals surface area contributed by atoms with Gasteiger partial charge in [-0.25, -0.2) is 0 Å². The molecule has 1 atom stereocenters. The molecule has 0 spiro atoms. The lowest BCUT2D eigenvalue weighted by Gasteiger charge is -2.13. The third-order valence-electron chi connectivity index (χ3n) is 3.28. The van der Waals surface area contributed by atoms with Crippen molar-refractivity contribution in [1.82, 2.24) is 0 Å². The molecule has 0 saturated carbocycles. The maximum atomic E-state index is 11.7. The van der Waals surface area contributed by atoms with Crippen LogP contribution in [0.2, 0.25) is 0 Å². The summed E-state index contributed by atoms with van der Waals surface area (Å²) in [5.41, 5.74) is 0. The normalized spacial score (nSPS) is 13.1. The van der Waals surface area contributed by atoms with Crippen LogP contribution in [0.25, 0.3) is 0 Å². The second-order valence-corrected chi connectivity index (χ2v) is 5.02. The van der Waals surface area contributed by atoms with E-state index in [0.717, 1.165) is 12.8 Å². The van der Waals surface area contributed by atoms with Gasteiger partial charge in [-0.1, -0.05) is 59.8 Å². The van der Waals surface area contributed by atoms with E-state index in [1.165, 1.54) is 32.1 Å². The molecule has 1 unspecified atom stereocenters. The Hall–Kier alpha value is -0.330. The molecule has 0 aromatic heterocycles. The second kappa shape index (κ2) is 8.94. The summed E-state index contributed by atoms with van der Waals surface area (Å²) in [5, 5.41) is 0. The number of rotatable bonds is 9. The fraction of sp³-hybridized carbons (Fsp3) is 0.929. The smallest absolute Gasteiger partial charge is 0.135 e. The van der Waals surface area contributed by atoms with E-state index >= 15 is 0 Å². The van der Waals surface area contributed by atoms with Gasteiger partial charge in [-0.2, -0.15) is 0 Å². The van der Waals surface area contributed by atoms with Crippen LogP contribution in [0.5, 0.6) is 0 Å². The molecule has 0 fully saturated rings. The van der Waals surface area contributed by atoms with Crippen LogP contribution >= 0.6 is 0 Å². The molecule has 90 valence electrons. The van der Waals surface area contributed by atoms with Crippen LogP contribution in [0.1, 0.15) is 72.6 Å². The Kier molecular flexibility index (Phi) is 8.74. The van der Waals surface area contributed by atoms with Crippen LogP contribution in [-0.2, 0) is 4.79 Å². The fourth-order valence-electron chi connectivity index (χ4n) is 1.68. The van der Waals surface area contributed by atoms with Gasteiger partial charge in [-0.15, -0.1) is 0 Å². The van der Waals surface area contributed by atoms with Gasteiger partial charge in [0.1, 0.15) is 5.78 Å². The number of hydrogen-bond donors (Lipinski definition) is 0. The first-order chi connectivity index (χ1) is 7.09. The highest BCUT2D eigenvalue weighted by atomic mass is 16.1. The third-order valence-corrected chi connectivity index (χ3v) is 3.28. The molecule has 0 aromatic rings. The maximum Gasteiger partial charge on any atom is 0.135 e. The molecule has 1 nitrogen and oxygen atoms in total. The summed E-state index contributed by atoms with van der Waals surface area (Å²) >= 11 is 0. The quantitative estimate of drug-likeness (QED) is 0.511. The third kappa shape index (κ3) is 7.58. The summed E-state index contributed by atoms with van der Waals surface area (Å²) in [5.74, 6) is 1.21. The Morgan fingerprint density at radius 1 is 0.933 bits per heavy atom. The first-order valence-electron chi connectivity index (χ1n) is 6.62. The van der Waals surface area contributed by atoms with E-state index in [9.17, 15) is 4.79 Å². The number of hydrogen-bond acceptors (Lipinski definition) is 1. The van der Waals surface area contributed by atoms with Gasteiger partial charge in [0.15, 0.2) is 0 Å². The number of ketones is 1. The molecule has 0 saturated heterocycles. The lowest BCUT2D eigenvalue weighted by atomic mass is 9.91. The van der Waals surface area contributed by atoms with Crippen LogP contribution in [-0.4, -0.2) is 5.78 Å². The Labute approximate surface area is 95.6 Å². The van der Waals surface area contributed by atoms with Crippen LogP contribution < -0.4 is 0 Å². The average molecular weight is 212 g/mol. The zero-order valence-electron chi connectivity index (χ0n) is 11.0. The zero-order valence-corrected chi connectivity index (χ0v) is 11.0. The van der Waals surface area contributed by atoms with Crippen LogP contribution in [0.15, 0.2) is 0 Å². The van der Waals surface area contributed by atoms with Crippen molar-refractivity contribution in [3.05, 3.63) is 0 Å². The van der Waals surface area contributed by atoms with Gasteiger partial charge in [0.2, 0.25) is 0 Å². The standard InChI is InChI=1S/C14H28O/c1-5-6-7-8-9-10-11-14(15)13(4)12(2)3/h12-13H,5-11H2,1-4H3. The van der Waals surface area contributed by atoms with Gasteiger partial charge in [0, 0.05) is 12.3 Å². The molecule has 0 aliphatic rings. The van der Waals surface area contributed by atoms with Crippen molar-refractivity contribution < 1.29 is 4.79 Å². The van der Waals surface area contributed by atoms with Crippen LogP contribution in [0.4, 0.5) is 0 Å². The van der Waals surface area contributed by atoms with Gasteiger partial charge in [-0.3, -0.25) is 4.79 Å². The minimum absolute atomic E-state index is 0.251. The summed E-state index contributed by atoms with van der Waals surface area (Å²) in [4.78, 5) is 11.7. The lowest BCUT2D eigenvalue weighted by molar-refractivity contribution is -0.123. The highest BCUT2D eigenvalue weighted by Gasteiger charge is 2.15. The minimum Gasteiger partial charge on any atom is -0.299 e. The molecular weight excluding hydrogens is 184 g/mol. The summed E-state index contributed by atoms with van der Waals surface area (Å²) < 4.78 is 0. The Morgan fingerprint density at radius 2 is 1.47 bits per heavy atom. The summed E-state index contributed by atoms with van der Waals surface area (Å²) in [7, 11) is 0. The molecule has 1 heteroatoms. The molecule has 0 aromatic carbocycles. The molecule has 0 amide bonds. The molecule has 0 aliphatic carbocycles. The van der Waals surface area contributed by atoms with Crippen molar-refractivity contribution in [3.8, 4) is 0 Å². The predicted octanol–water partition coefficient (Wildman–Crippen LogP) is 4.60. The van der Waals surface area contributed by atoms with Crippen molar-refractivity contribution >= 4 is 5.78 Å². The van der Waals surface area contributed by atoms with Gasteiger partial charge in [0.25, 0.3) is 0 Å². The zero-order chi connectivity index (χ0) is 11.7. The highest BCUT2D eigenvalue weighted by Crippen LogP contribution is 2.15. The SMILES string of the molecule is CCCCCCCCC(=O)C(C)C(C)C. The molecular formula is C14H28O. The van der Waals surface area contributed by atoms with Gasteiger partial charge >= 0.3 is 0 Å². The van der Waals surface area contributed by atoms with E-state index < -0.39 is 0 Å². The number of Topliss-reactive ketones (excluding diaryl/α,β-unsaturated/α-hetero) is 1. The van der Waals surface area contributed by atoms with Crippen molar-refractivity contribution in [2.75, 3.05) is 0 Å². The Morgan fingerprint density at radius 3 is 2.00 bits per heavy atom. The first-order valence-corrected chi connectivity index (χ1v) is 6.62. The maximum absolute atomic E-state index is 11.7. The highest BCUT2D eigenvalue weighted by molar-refractivity contribution is 5.80. The van der Waals surface area contributed by atoms with Crippen LogP contribution in [0.3, 0.4) is 0 Å². The van der Waals surface area contributed by atoms with Crippen LogP contribution in [0, 0.1) is 11.8 Å². The lowest BCUT2D eigenvalue weighted by Crippen LogP contribution is -2.16. The predicted molar refractivity (Wildman–Crippen MR) is 67.0 cm³/mol. The van der Waals surface area contributed by atoms with E-state index in [-0.39, 0.29) is 5.92 Å². The monoisotopic (exact) mass is 212 g/mol. The second-order valence-electron chi connectivity index (χ2n) is 5.02. The largest absolute Gasteiger partial charge is 0.299 e. The minimum atomic E-state index is 0.251. The van der Waals surface area contributed by atoms with E-state index in [1.54, 1.807) is 0 Å². The van der Waals surface area contributed by atoms with Gasteiger partial charge < -0.3 is 0 Å². The number of carbonyl (C=O) groups is 1. The number of carbonyl (C=O) groups excluding carboxylic acids is 1. The van der Waals surface area contributed by atoms with E-state index in [1.807, 2.05) is 0 Å². The average Bonchev–Trinajstić information content (AvgIpc) is 2.21. The van der Waals surface area contributed by atoms with Crippen molar-refractivity contribution in [2.24, 2.45) is 11.8 Å². The van der Waals surface area contributed by atoms with Crippen molar-refractivity contribution in [3.63, 3.8) is 0 Å². The van der Waals surface area contributed by atoms with E-state index in [0.29, 0.717) is 11.7 Å². The van der Waals surface area contributed by atoms with Gasteiger partial charge in [0.05, 0.1) is 0 Å². The number of unbranched alkanes of at least 4 members (excludes halogenated alkanes) is 5. The van der Waals surface area contributed by atoms with Crippen molar-refractivity contribution in [2.45, 2.75) is 72.6 Å². The molecule has 0 radical (unpaired) electrons. The summed E-state index contributed by atoms with van der Waals surface area (Å²) in [6.45, 7) is 8.55. The van der Waals surface area contributed by atoms with Crippen molar-refractivity contribution in [1.29, 1.82) is 0 Å². The topological polar surface area (TPSA) is 17.1 Å². The first kappa shape index (κ1) is 14.7. The Bertz CT molecular complexity index is 161. The molecule has 0 rings (SSSR count). The molecule has 0 aliphatic heterocycles. The van der Waals surface area contributed by atoms with E-state index in [4.69, 9.17) is 0 Å². The van der Waals surface area contributed by atoms with E-state index in [2.05, 4.69) is 27.7 Å². The molecule has 0 bridgehead atoms. The fourth-order valence-corrected chi connectivity index (χ4v) is 1.68. The molecule has 0 heterocycles. The summed E-state index contributed by atoms with van der Waals surface area (Å²) in [6, 6.07) is 0. The van der Waals surface area contributed by atoms with Gasteiger partial charge in [-0.05, 0) is 12.3 Å². The summed E-state index contributed by atoms with van der Waals surface area (Å²) in [6.07, 6.45) is 8.41. The molecule has 15 heavy (non-hydrogen) atoms. The Balaban J connectivity index is 3.39. The molecule has 0 N–H and O–H groups in total.